The lowest BCUT2D eigenvalue weighted by Crippen LogP contribution is -2.29. The molecule has 0 saturated carbocycles. The van der Waals surface area contributed by atoms with Crippen LogP contribution in [0.2, 0.25) is 0 Å². The van der Waals surface area contributed by atoms with Gasteiger partial charge in [-0.2, -0.15) is 0 Å². The van der Waals surface area contributed by atoms with E-state index in [2.05, 4.69) is 53.4 Å². The van der Waals surface area contributed by atoms with Crippen LogP contribution in [0.15, 0.2) is 12.5 Å². The highest BCUT2D eigenvalue weighted by molar-refractivity contribution is 14.1. The lowest BCUT2D eigenvalue weighted by Gasteiger charge is -2.21. The molecular formula is C9H13BrIN3O. The van der Waals surface area contributed by atoms with Crippen molar-refractivity contribution >= 4 is 44.3 Å². The van der Waals surface area contributed by atoms with Gasteiger partial charge in [-0.1, -0.05) is 15.9 Å². The molecule has 6 heteroatoms. The first-order valence-corrected chi connectivity index (χ1v) is 6.44. The van der Waals surface area contributed by atoms with Crippen LogP contribution >= 0.6 is 38.5 Å². The topological polar surface area (TPSA) is 38.2 Å². The molecule has 0 amide bonds. The van der Waals surface area contributed by atoms with Gasteiger partial charge >= 0.3 is 0 Å². The van der Waals surface area contributed by atoms with Crippen LogP contribution in [0.4, 0.5) is 5.82 Å². The summed E-state index contributed by atoms with van der Waals surface area (Å²) in [5.74, 6) is 0.950. The zero-order valence-electron chi connectivity index (χ0n) is 8.65. The number of nitrogens with zero attached hydrogens (tertiary/aromatic N) is 3. The Hall–Kier alpha value is 0.0500. The minimum atomic E-state index is 0.304. The number of halogens is 2. The second-order valence-corrected chi connectivity index (χ2v) is 5.58. The Labute approximate surface area is 112 Å². The molecule has 1 aromatic heterocycles. The summed E-state index contributed by atoms with van der Waals surface area (Å²) < 4.78 is 6.11. The summed E-state index contributed by atoms with van der Waals surface area (Å²) in [4.78, 5) is 10.6. The Morgan fingerprint density at radius 1 is 1.67 bits per heavy atom. The quantitative estimate of drug-likeness (QED) is 0.573. The molecule has 4 nitrogen and oxygen atoms in total. The molecule has 0 radical (unpaired) electrons. The van der Waals surface area contributed by atoms with E-state index in [-0.39, 0.29) is 0 Å². The number of hydrogen-bond donors (Lipinski definition) is 0. The van der Waals surface area contributed by atoms with Crippen molar-refractivity contribution in [2.75, 3.05) is 32.2 Å². The minimum Gasteiger partial charge on any atom is -0.383 e. The molecule has 0 saturated heterocycles. The summed E-state index contributed by atoms with van der Waals surface area (Å²) in [5, 5.41) is 0. The van der Waals surface area contributed by atoms with Gasteiger partial charge in [0.25, 0.3) is 0 Å². The highest BCUT2D eigenvalue weighted by Crippen LogP contribution is 2.17. The number of hydrogen-bond acceptors (Lipinski definition) is 4. The molecule has 1 rings (SSSR count). The average molecular weight is 386 g/mol. The van der Waals surface area contributed by atoms with Gasteiger partial charge < -0.3 is 9.64 Å². The predicted octanol–water partition coefficient (Wildman–Crippen LogP) is 1.93. The third-order valence-electron chi connectivity index (χ3n) is 1.83. The van der Waals surface area contributed by atoms with Crippen LogP contribution in [0, 0.1) is 3.57 Å². The largest absolute Gasteiger partial charge is 0.383 e. The molecule has 0 aliphatic heterocycles. The van der Waals surface area contributed by atoms with E-state index in [9.17, 15) is 0 Å². The van der Waals surface area contributed by atoms with Gasteiger partial charge in [0.15, 0.2) is 0 Å². The van der Waals surface area contributed by atoms with Crippen molar-refractivity contribution in [2.45, 2.75) is 4.83 Å². The third kappa shape index (κ3) is 4.20. The summed E-state index contributed by atoms with van der Waals surface area (Å²) in [5.41, 5.74) is 0. The number of anilines is 1. The zero-order valence-corrected chi connectivity index (χ0v) is 12.4. The average Bonchev–Trinajstić information content (AvgIpc) is 2.18. The molecule has 1 atom stereocenters. The maximum Gasteiger partial charge on any atom is 0.145 e. The maximum absolute atomic E-state index is 5.06. The Balaban J connectivity index is 2.61. The molecule has 1 heterocycles. The van der Waals surface area contributed by atoms with Crippen LogP contribution in [-0.4, -0.2) is 42.1 Å². The lowest BCUT2D eigenvalue weighted by molar-refractivity contribution is 0.201. The molecule has 0 spiro atoms. The van der Waals surface area contributed by atoms with Crippen molar-refractivity contribution in [2.24, 2.45) is 0 Å². The van der Waals surface area contributed by atoms with Crippen LogP contribution in [0.3, 0.4) is 0 Å². The van der Waals surface area contributed by atoms with Crippen molar-refractivity contribution in [3.05, 3.63) is 16.1 Å². The van der Waals surface area contributed by atoms with Gasteiger partial charge in [-0.15, -0.1) is 0 Å². The second-order valence-electron chi connectivity index (χ2n) is 3.13. The smallest absolute Gasteiger partial charge is 0.145 e. The summed E-state index contributed by atoms with van der Waals surface area (Å²) in [6, 6.07) is 0. The van der Waals surface area contributed by atoms with Gasteiger partial charge in [-0.25, -0.2) is 9.97 Å². The van der Waals surface area contributed by atoms with Crippen LogP contribution in [0.25, 0.3) is 0 Å². The van der Waals surface area contributed by atoms with E-state index in [1.807, 2.05) is 7.05 Å². The van der Waals surface area contributed by atoms with Gasteiger partial charge in [-0.3, -0.25) is 0 Å². The number of ether oxygens (including phenoxy) is 1. The number of alkyl halides is 1. The van der Waals surface area contributed by atoms with E-state index in [0.717, 1.165) is 15.9 Å². The SMILES string of the molecule is COCC(Br)CN(C)c1ncncc1I. The Kier molecular flexibility index (Phi) is 5.77. The van der Waals surface area contributed by atoms with Gasteiger partial charge in [-0.05, 0) is 22.6 Å². The summed E-state index contributed by atoms with van der Waals surface area (Å²) >= 11 is 5.78. The highest BCUT2D eigenvalue weighted by Gasteiger charge is 2.11. The Bertz CT molecular complexity index is 313. The lowest BCUT2D eigenvalue weighted by atomic mass is 10.4. The number of aromatic nitrogens is 2. The molecule has 84 valence electrons. The molecular weight excluding hydrogens is 373 g/mol. The fourth-order valence-electron chi connectivity index (χ4n) is 1.20. The van der Waals surface area contributed by atoms with Crippen molar-refractivity contribution in [3.63, 3.8) is 0 Å². The molecule has 15 heavy (non-hydrogen) atoms. The number of rotatable bonds is 5. The van der Waals surface area contributed by atoms with E-state index in [1.54, 1.807) is 19.6 Å². The summed E-state index contributed by atoms with van der Waals surface area (Å²) in [6.07, 6.45) is 3.37. The summed E-state index contributed by atoms with van der Waals surface area (Å²) in [6.45, 7) is 1.53. The molecule has 0 aliphatic carbocycles. The molecule has 0 aromatic carbocycles. The van der Waals surface area contributed by atoms with Crippen LogP contribution in [0.1, 0.15) is 0 Å². The minimum absolute atomic E-state index is 0.304. The fourth-order valence-corrected chi connectivity index (χ4v) is 2.61. The second kappa shape index (κ2) is 6.59. The summed E-state index contributed by atoms with van der Waals surface area (Å²) in [7, 11) is 3.71. The van der Waals surface area contributed by atoms with E-state index < -0.39 is 0 Å². The third-order valence-corrected chi connectivity index (χ3v) is 3.14. The zero-order chi connectivity index (χ0) is 11.3. The molecule has 1 unspecified atom stereocenters. The monoisotopic (exact) mass is 385 g/mol. The standard InChI is InChI=1S/C9H13BrIN3O/c1-14(4-7(10)5-15-2)9-8(11)3-12-6-13-9/h3,6-7H,4-5H2,1-2H3. The van der Waals surface area contributed by atoms with E-state index in [1.165, 1.54) is 0 Å². The van der Waals surface area contributed by atoms with Crippen LogP contribution < -0.4 is 4.90 Å². The number of methoxy groups -OCH3 is 1. The molecule has 0 bridgehead atoms. The predicted molar refractivity (Wildman–Crippen MR) is 72.6 cm³/mol. The van der Waals surface area contributed by atoms with Gasteiger partial charge in [0, 0.05) is 26.9 Å². The van der Waals surface area contributed by atoms with Crippen molar-refractivity contribution in [3.8, 4) is 0 Å². The highest BCUT2D eigenvalue weighted by atomic mass is 127. The first-order chi connectivity index (χ1) is 7.15. The Morgan fingerprint density at radius 2 is 2.40 bits per heavy atom. The van der Waals surface area contributed by atoms with Crippen LogP contribution in [-0.2, 0) is 4.74 Å². The van der Waals surface area contributed by atoms with Gasteiger partial charge in [0.1, 0.15) is 12.1 Å². The molecule has 0 fully saturated rings. The molecule has 0 N–H and O–H groups in total. The van der Waals surface area contributed by atoms with Crippen molar-refractivity contribution in [1.29, 1.82) is 0 Å². The molecule has 1 aromatic rings. The first kappa shape index (κ1) is 13.1. The first-order valence-electron chi connectivity index (χ1n) is 4.44. The van der Waals surface area contributed by atoms with E-state index in [4.69, 9.17) is 4.74 Å². The molecule has 0 aliphatic rings. The fraction of sp³-hybridized carbons (Fsp3) is 0.556. The normalized spacial score (nSPS) is 12.5. The Morgan fingerprint density at radius 3 is 3.00 bits per heavy atom. The van der Waals surface area contributed by atoms with E-state index in [0.29, 0.717) is 11.4 Å². The van der Waals surface area contributed by atoms with E-state index >= 15 is 0 Å². The van der Waals surface area contributed by atoms with Crippen molar-refractivity contribution in [1.82, 2.24) is 9.97 Å². The van der Waals surface area contributed by atoms with Crippen molar-refractivity contribution < 1.29 is 4.74 Å². The van der Waals surface area contributed by atoms with Crippen LogP contribution in [0.5, 0.6) is 0 Å². The maximum atomic E-state index is 5.06. The van der Waals surface area contributed by atoms with Gasteiger partial charge in [0.2, 0.25) is 0 Å². The van der Waals surface area contributed by atoms with Gasteiger partial charge in [0.05, 0.1) is 15.0 Å².